The fourth-order valence-electron chi connectivity index (χ4n) is 8.47. The molecule has 0 amide bonds. The number of pyridine rings is 1. The minimum absolute atomic E-state index is 0.691. The summed E-state index contributed by atoms with van der Waals surface area (Å²) in [6.45, 7) is 0.909. The number of hydrogen-bond donors (Lipinski definition) is 0. The van der Waals surface area contributed by atoms with E-state index in [9.17, 15) is 105 Å². The van der Waals surface area contributed by atoms with Crippen molar-refractivity contribution < 1.29 is 110 Å². The maximum atomic E-state index is 14.2. The lowest BCUT2D eigenvalue weighted by molar-refractivity contribution is -0.693. The Morgan fingerprint density at radius 2 is 0.592 bits per heavy atom. The average molecular weight is 1180 g/mol. The Balaban J connectivity index is 0.000000408. The van der Waals surface area contributed by atoms with Gasteiger partial charge in [-0.1, -0.05) is 113 Å². The lowest BCUT2D eigenvalue weighted by Crippen LogP contribution is -2.75. The van der Waals surface area contributed by atoms with Crippen LogP contribution in [0.4, 0.5) is 105 Å². The Labute approximate surface area is 420 Å². The van der Waals surface area contributed by atoms with E-state index in [2.05, 4.69) is 87.4 Å². The Kier molecular flexibility index (Phi) is 15.9. The predicted octanol–water partition coefficient (Wildman–Crippen LogP) is 15.3. The lowest BCUT2D eigenvalue weighted by Gasteiger charge is -2.46. The molecule has 0 aliphatic heterocycles. The van der Waals surface area contributed by atoms with Crippen molar-refractivity contribution in [3.05, 3.63) is 195 Å². The first-order valence-electron chi connectivity index (χ1n) is 21.0. The molecule has 1 nitrogen and oxygen atoms in total. The summed E-state index contributed by atoms with van der Waals surface area (Å²) >= 11 is 3.62. The minimum Gasteiger partial charge on any atom is -0.197 e. The second kappa shape index (κ2) is 20.5. The lowest BCUT2D eigenvalue weighted by atomic mass is 9.12. The third-order valence-corrected chi connectivity index (χ3v) is 12.3. The van der Waals surface area contributed by atoms with Crippen LogP contribution >= 0.6 is 15.9 Å². The highest BCUT2D eigenvalue weighted by molar-refractivity contribution is 9.08. The molecular formula is C49H27BBrF24N. The standard InChI is InChI=1S/C32H12BF24.C17H15BrN/c34-25(35,36)13-1-14(26(37,38)39)6-21(5-13)33(22-7-15(27(40,41)42)2-16(8-22)28(43,44)45,23-9-17(29(46,47)48)3-18(10-23)30(49,50)51)24-11-19(31(52,53)54)4-20(12-24)32(55,56)57;18-12-17-16-9-5-4-8-15(16)10-11-19(17)13-14-6-2-1-3-7-14/h1-12H;1-11H,12-13H2/q-1;+1. The smallest absolute Gasteiger partial charge is 0.197 e. The molecule has 0 spiro atoms. The first-order valence-corrected chi connectivity index (χ1v) is 22.1. The summed E-state index contributed by atoms with van der Waals surface area (Å²) in [6.07, 6.45) is -52.6. The maximum Gasteiger partial charge on any atom is 0.416 e. The van der Waals surface area contributed by atoms with Crippen molar-refractivity contribution in [3.63, 3.8) is 0 Å². The van der Waals surface area contributed by atoms with Gasteiger partial charge >= 0.3 is 49.4 Å². The summed E-state index contributed by atoms with van der Waals surface area (Å²) in [5, 5.41) is 3.47. The SMILES string of the molecule is BrCc1c2ccccc2cc[n+]1Cc1ccccc1.FC(F)(F)c1cc([B-](c2cc(C(F)(F)F)cc(C(F)(F)F)c2)(c2cc(C(F)(F)F)cc(C(F)(F)F)c2)c2cc(C(F)(F)F)cc(C(F)(F)F)c2)cc(C(F)(F)F)c1. The zero-order valence-corrected chi connectivity index (χ0v) is 38.8. The molecule has 0 saturated carbocycles. The molecule has 0 fully saturated rings. The molecule has 76 heavy (non-hydrogen) atoms. The van der Waals surface area contributed by atoms with Gasteiger partial charge in [-0.2, -0.15) is 132 Å². The van der Waals surface area contributed by atoms with Crippen molar-refractivity contribution >= 4 is 54.7 Å². The third kappa shape index (κ3) is 13.0. The van der Waals surface area contributed by atoms with Crippen molar-refractivity contribution in [2.24, 2.45) is 0 Å². The highest BCUT2D eigenvalue weighted by Crippen LogP contribution is 2.41. The van der Waals surface area contributed by atoms with Gasteiger partial charge in [0.2, 0.25) is 0 Å². The van der Waals surface area contributed by atoms with Crippen LogP contribution in [0.3, 0.4) is 0 Å². The van der Waals surface area contributed by atoms with E-state index in [0.29, 0.717) is 0 Å². The van der Waals surface area contributed by atoms with E-state index in [1.807, 2.05) is 0 Å². The van der Waals surface area contributed by atoms with Crippen LogP contribution in [-0.4, -0.2) is 6.15 Å². The number of hydrogen-bond acceptors (Lipinski definition) is 0. The van der Waals surface area contributed by atoms with Gasteiger partial charge in [-0.25, -0.2) is 0 Å². The first kappa shape index (κ1) is 58.8. The summed E-state index contributed by atoms with van der Waals surface area (Å²) in [7, 11) is 0. The van der Waals surface area contributed by atoms with Gasteiger partial charge in [0.25, 0.3) is 0 Å². The number of benzene rings is 6. The Morgan fingerprint density at radius 3 is 0.855 bits per heavy atom. The topological polar surface area (TPSA) is 3.88 Å². The molecule has 0 aliphatic carbocycles. The van der Waals surface area contributed by atoms with E-state index in [0.717, 1.165) is 11.9 Å². The largest absolute Gasteiger partial charge is 0.416 e. The molecule has 0 aliphatic rings. The Hall–Kier alpha value is -6.41. The first-order chi connectivity index (χ1) is 34.6. The van der Waals surface area contributed by atoms with E-state index in [1.54, 1.807) is 0 Å². The molecule has 0 N–H and O–H groups in total. The van der Waals surface area contributed by atoms with Crippen molar-refractivity contribution in [2.45, 2.75) is 61.3 Å². The van der Waals surface area contributed by atoms with E-state index >= 15 is 0 Å². The van der Waals surface area contributed by atoms with E-state index in [-0.39, 0.29) is 0 Å². The predicted molar refractivity (Wildman–Crippen MR) is 232 cm³/mol. The quantitative estimate of drug-likeness (QED) is 0.0648. The van der Waals surface area contributed by atoms with Crippen molar-refractivity contribution in [2.75, 3.05) is 0 Å². The van der Waals surface area contributed by atoms with Crippen LogP contribution in [0.1, 0.15) is 55.8 Å². The van der Waals surface area contributed by atoms with Crippen molar-refractivity contribution in [1.29, 1.82) is 0 Å². The second-order valence-corrected chi connectivity index (χ2v) is 17.4. The second-order valence-electron chi connectivity index (χ2n) is 16.8. The fourth-order valence-corrected chi connectivity index (χ4v) is 9.09. The molecule has 27 heteroatoms. The normalized spacial score (nSPS) is 13.4. The minimum atomic E-state index is -6.13. The van der Waals surface area contributed by atoms with Crippen molar-refractivity contribution in [3.8, 4) is 0 Å². The molecule has 0 saturated heterocycles. The molecule has 1 aromatic heterocycles. The van der Waals surface area contributed by atoms with E-state index in [4.69, 9.17) is 0 Å². The number of aromatic nitrogens is 1. The third-order valence-electron chi connectivity index (χ3n) is 11.8. The van der Waals surface area contributed by atoms with Crippen LogP contribution in [0.5, 0.6) is 0 Å². The highest BCUT2D eigenvalue weighted by Gasteiger charge is 2.47. The van der Waals surface area contributed by atoms with Crippen LogP contribution in [0.15, 0.2) is 140 Å². The van der Waals surface area contributed by atoms with Gasteiger partial charge in [0, 0.05) is 17.0 Å². The molecule has 0 bridgehead atoms. The van der Waals surface area contributed by atoms with Gasteiger partial charge in [0.05, 0.1) is 49.8 Å². The molecule has 1 heterocycles. The van der Waals surface area contributed by atoms with Gasteiger partial charge in [0.1, 0.15) is 6.15 Å². The molecule has 6 aromatic carbocycles. The molecule has 406 valence electrons. The van der Waals surface area contributed by atoms with Crippen LogP contribution in [0.2, 0.25) is 0 Å². The van der Waals surface area contributed by atoms with Crippen LogP contribution in [0.25, 0.3) is 10.8 Å². The van der Waals surface area contributed by atoms with Gasteiger partial charge in [-0.3, -0.25) is 0 Å². The van der Waals surface area contributed by atoms with Crippen molar-refractivity contribution in [1.82, 2.24) is 0 Å². The van der Waals surface area contributed by atoms with Gasteiger partial charge in [-0.15, -0.1) is 0 Å². The number of fused-ring (bicyclic) bond motifs is 1. The summed E-state index contributed by atoms with van der Waals surface area (Å²) in [4.78, 5) is 0. The monoisotopic (exact) mass is 1180 g/mol. The molecule has 0 radical (unpaired) electrons. The Bertz CT molecular complexity index is 2780. The molecule has 7 rings (SSSR count). The average Bonchev–Trinajstić information content (AvgIpc) is 3.30. The highest BCUT2D eigenvalue weighted by atomic mass is 79.9. The summed E-state index contributed by atoms with van der Waals surface area (Å²) in [5.74, 6) is 0. The van der Waals surface area contributed by atoms with Crippen LogP contribution in [0, 0.1) is 0 Å². The van der Waals surface area contributed by atoms with E-state index in [1.165, 1.54) is 22.0 Å². The van der Waals surface area contributed by atoms with Crippen LogP contribution in [-0.2, 0) is 61.3 Å². The van der Waals surface area contributed by atoms with Gasteiger partial charge in [0.15, 0.2) is 18.4 Å². The fraction of sp³-hybridized carbons (Fsp3) is 0.204. The summed E-state index contributed by atoms with van der Waals surface area (Å²) in [6, 6.07) is 12.5. The number of halogens is 25. The van der Waals surface area contributed by atoms with Gasteiger partial charge < -0.3 is 0 Å². The zero-order chi connectivity index (χ0) is 57.0. The molecular weight excluding hydrogens is 1150 g/mol. The number of rotatable bonds is 7. The number of alkyl halides is 25. The Morgan fingerprint density at radius 1 is 0.329 bits per heavy atom. The maximum absolute atomic E-state index is 14.2. The van der Waals surface area contributed by atoms with E-state index < -0.39 is 195 Å². The molecule has 7 aromatic rings. The summed E-state index contributed by atoms with van der Waals surface area (Å²) in [5.41, 5.74) is -27.6. The molecule has 0 unspecified atom stereocenters. The number of nitrogens with zero attached hydrogens (tertiary/aromatic N) is 1. The molecule has 0 atom stereocenters. The van der Waals surface area contributed by atoms with Crippen LogP contribution < -0.4 is 26.4 Å². The summed E-state index contributed by atoms with van der Waals surface area (Å²) < 4.78 is 343. The van der Waals surface area contributed by atoms with Gasteiger partial charge in [-0.05, 0) is 35.7 Å². The zero-order valence-electron chi connectivity index (χ0n) is 37.2.